The number of para-hydroxylation sites is 2. The average Bonchev–Trinajstić information content (AvgIpc) is 2.84. The summed E-state index contributed by atoms with van der Waals surface area (Å²) in [5.41, 5.74) is 2.06. The second-order valence-corrected chi connectivity index (χ2v) is 11.7. The molecular formula is C30H30N2O4. The number of rotatable bonds is 0. The Hall–Kier alpha value is -3.54. The molecule has 1 fully saturated rings. The highest BCUT2D eigenvalue weighted by atomic mass is 16.5. The van der Waals surface area contributed by atoms with E-state index in [2.05, 4.69) is 20.8 Å². The van der Waals surface area contributed by atoms with E-state index in [1.165, 1.54) is 0 Å². The van der Waals surface area contributed by atoms with Crippen LogP contribution in [0.5, 0.6) is 11.5 Å². The number of ether oxygens (including phenoxy) is 2. The van der Waals surface area contributed by atoms with Crippen LogP contribution < -0.4 is 20.6 Å². The zero-order valence-corrected chi connectivity index (χ0v) is 21.3. The van der Waals surface area contributed by atoms with Gasteiger partial charge in [0.05, 0.1) is 22.2 Å². The normalized spacial score (nSPS) is 27.5. The molecule has 0 radical (unpaired) electrons. The molecule has 0 N–H and O–H groups in total. The third-order valence-electron chi connectivity index (χ3n) is 9.01. The molecule has 1 aliphatic carbocycles. The molecule has 4 atom stereocenters. The number of benzene rings is 2. The topological polar surface area (TPSA) is 62.5 Å². The number of hydrogen-bond donors (Lipinski definition) is 0. The Balaban J connectivity index is 1.54. The Labute approximate surface area is 209 Å². The Morgan fingerprint density at radius 1 is 0.722 bits per heavy atom. The van der Waals surface area contributed by atoms with Crippen molar-refractivity contribution in [2.24, 2.45) is 20.0 Å². The van der Waals surface area contributed by atoms with Gasteiger partial charge in [0.25, 0.3) is 11.1 Å². The summed E-state index contributed by atoms with van der Waals surface area (Å²) in [7, 11) is 3.66. The van der Waals surface area contributed by atoms with Gasteiger partial charge in [-0.2, -0.15) is 0 Å². The maximum atomic E-state index is 13.8. The minimum Gasteiger partial charge on any atom is -0.486 e. The van der Waals surface area contributed by atoms with E-state index in [9.17, 15) is 9.59 Å². The van der Waals surface area contributed by atoms with Crippen LogP contribution in [-0.4, -0.2) is 20.3 Å². The first-order valence-corrected chi connectivity index (χ1v) is 12.7. The summed E-state index contributed by atoms with van der Waals surface area (Å²) in [5.74, 6) is 1.19. The molecule has 2 aromatic heterocycles. The van der Waals surface area contributed by atoms with Gasteiger partial charge < -0.3 is 18.6 Å². The van der Waals surface area contributed by atoms with Crippen LogP contribution in [-0.2, 0) is 14.1 Å². The zero-order valence-electron chi connectivity index (χ0n) is 21.3. The highest BCUT2D eigenvalue weighted by Gasteiger charge is 2.59. The number of fused-ring (bicyclic) bond motifs is 12. The number of pyridine rings is 2. The molecule has 184 valence electrons. The quantitative estimate of drug-likeness (QED) is 0.354. The summed E-state index contributed by atoms with van der Waals surface area (Å²) >= 11 is 0. The summed E-state index contributed by atoms with van der Waals surface area (Å²) in [6, 6.07) is 15.9. The number of nitrogens with zero attached hydrogens (tertiary/aromatic N) is 2. The predicted molar refractivity (Wildman–Crippen MR) is 140 cm³/mol. The minimum atomic E-state index is -0.579. The predicted octanol–water partition coefficient (Wildman–Crippen LogP) is 4.99. The average molecular weight is 483 g/mol. The van der Waals surface area contributed by atoms with E-state index in [1.54, 1.807) is 9.13 Å². The van der Waals surface area contributed by atoms with Crippen molar-refractivity contribution in [2.45, 2.75) is 56.7 Å². The summed E-state index contributed by atoms with van der Waals surface area (Å²) in [5, 5.41) is 1.91. The van der Waals surface area contributed by atoms with E-state index < -0.39 is 11.2 Å². The summed E-state index contributed by atoms with van der Waals surface area (Å²) in [6.45, 7) is 6.37. The number of hydrogen-bond acceptors (Lipinski definition) is 4. The van der Waals surface area contributed by atoms with Crippen LogP contribution in [0.2, 0.25) is 0 Å². The summed E-state index contributed by atoms with van der Waals surface area (Å²) < 4.78 is 17.0. The van der Waals surface area contributed by atoms with Gasteiger partial charge in [0, 0.05) is 42.6 Å². The molecule has 0 amide bonds. The zero-order chi connectivity index (χ0) is 25.1. The van der Waals surface area contributed by atoms with E-state index >= 15 is 0 Å². The smallest absolute Gasteiger partial charge is 0.258 e. The van der Waals surface area contributed by atoms with Crippen LogP contribution in [0.15, 0.2) is 58.1 Å². The van der Waals surface area contributed by atoms with Crippen molar-refractivity contribution in [3.63, 3.8) is 0 Å². The molecule has 2 bridgehead atoms. The first-order valence-electron chi connectivity index (χ1n) is 12.7. The maximum Gasteiger partial charge on any atom is 0.258 e. The van der Waals surface area contributed by atoms with Gasteiger partial charge in [0.15, 0.2) is 0 Å². The second kappa shape index (κ2) is 6.81. The van der Waals surface area contributed by atoms with Crippen LogP contribution in [0.25, 0.3) is 21.8 Å². The SMILES string of the molecule is Cn1c(=O)c2c(c3ccccc31)OC(C)(C)[C@@H]1[C@@H]2C[C@@]2(C)C[C@@H]1c1c(c3ccccc3n(C)c1=O)O2. The maximum absolute atomic E-state index is 13.8. The van der Waals surface area contributed by atoms with Crippen LogP contribution in [0.1, 0.15) is 56.6 Å². The van der Waals surface area contributed by atoms with Crippen molar-refractivity contribution in [1.29, 1.82) is 0 Å². The van der Waals surface area contributed by atoms with Gasteiger partial charge in [-0.1, -0.05) is 24.3 Å². The Morgan fingerprint density at radius 2 is 1.17 bits per heavy atom. The largest absolute Gasteiger partial charge is 0.486 e. The van der Waals surface area contributed by atoms with Gasteiger partial charge in [-0.15, -0.1) is 0 Å². The molecule has 6 nitrogen and oxygen atoms in total. The van der Waals surface area contributed by atoms with Crippen molar-refractivity contribution in [3.05, 3.63) is 80.4 Å². The Morgan fingerprint density at radius 3 is 1.67 bits per heavy atom. The molecular weight excluding hydrogens is 452 g/mol. The fourth-order valence-electron chi connectivity index (χ4n) is 7.60. The van der Waals surface area contributed by atoms with E-state index in [0.29, 0.717) is 17.9 Å². The van der Waals surface area contributed by atoms with Crippen LogP contribution in [0, 0.1) is 5.92 Å². The first-order chi connectivity index (χ1) is 17.1. The number of aryl methyl sites for hydroxylation is 2. The monoisotopic (exact) mass is 482 g/mol. The lowest BCUT2D eigenvalue weighted by Crippen LogP contribution is -2.58. The van der Waals surface area contributed by atoms with Gasteiger partial charge in [-0.25, -0.2) is 0 Å². The van der Waals surface area contributed by atoms with Crippen LogP contribution >= 0.6 is 0 Å². The molecule has 2 aromatic carbocycles. The van der Waals surface area contributed by atoms with Gasteiger partial charge in [-0.3, -0.25) is 9.59 Å². The van der Waals surface area contributed by atoms with E-state index in [4.69, 9.17) is 9.47 Å². The van der Waals surface area contributed by atoms with Crippen molar-refractivity contribution in [3.8, 4) is 11.5 Å². The fraction of sp³-hybridized carbons (Fsp3) is 0.400. The molecule has 6 heteroatoms. The fourth-order valence-corrected chi connectivity index (χ4v) is 7.60. The molecule has 7 rings (SSSR count). The van der Waals surface area contributed by atoms with Gasteiger partial charge >= 0.3 is 0 Å². The molecule has 3 aliphatic rings. The Bertz CT molecular complexity index is 1630. The second-order valence-electron chi connectivity index (χ2n) is 11.7. The minimum absolute atomic E-state index is 0.0237. The highest BCUT2D eigenvalue weighted by Crippen LogP contribution is 2.62. The summed E-state index contributed by atoms with van der Waals surface area (Å²) in [4.78, 5) is 27.7. The third kappa shape index (κ3) is 2.62. The third-order valence-corrected chi connectivity index (χ3v) is 9.01. The summed E-state index contributed by atoms with van der Waals surface area (Å²) in [6.07, 6.45) is 1.43. The van der Waals surface area contributed by atoms with Gasteiger partial charge in [0.2, 0.25) is 0 Å². The Kier molecular flexibility index (Phi) is 4.11. The van der Waals surface area contributed by atoms with Crippen molar-refractivity contribution >= 4 is 21.8 Å². The number of aromatic nitrogens is 2. The van der Waals surface area contributed by atoms with Crippen molar-refractivity contribution < 1.29 is 9.47 Å². The van der Waals surface area contributed by atoms with Crippen molar-refractivity contribution in [1.82, 2.24) is 9.13 Å². The van der Waals surface area contributed by atoms with Crippen LogP contribution in [0.4, 0.5) is 0 Å². The van der Waals surface area contributed by atoms with Crippen molar-refractivity contribution in [2.75, 3.05) is 0 Å². The van der Waals surface area contributed by atoms with Crippen LogP contribution in [0.3, 0.4) is 0 Å². The lowest BCUT2D eigenvalue weighted by atomic mass is 9.56. The highest BCUT2D eigenvalue weighted by molar-refractivity contribution is 5.88. The van der Waals surface area contributed by atoms with Gasteiger partial charge in [-0.05, 0) is 57.9 Å². The van der Waals surface area contributed by atoms with E-state index in [0.717, 1.165) is 39.4 Å². The molecule has 0 unspecified atom stereocenters. The van der Waals surface area contributed by atoms with E-state index in [1.807, 2.05) is 62.6 Å². The standard InChI is InChI=1S/C30H30N2O4/c1-29(2)24-18(22-25(35-29)16-10-6-8-12-20(16)31(4)27(22)33)14-30(3)15-19(24)23-26(36-30)17-11-7-9-13-21(17)32(5)28(23)34/h6-13,18-19,24H,14-15H2,1-5H3/t18-,19-,24-,30+/m1/s1. The lowest BCUT2D eigenvalue weighted by Gasteiger charge is -2.57. The molecule has 0 spiro atoms. The molecule has 0 saturated heterocycles. The lowest BCUT2D eigenvalue weighted by molar-refractivity contribution is -0.0798. The molecule has 36 heavy (non-hydrogen) atoms. The van der Waals surface area contributed by atoms with Gasteiger partial charge in [0.1, 0.15) is 22.7 Å². The molecule has 4 aromatic rings. The molecule has 2 aliphatic heterocycles. The van der Waals surface area contributed by atoms with E-state index in [-0.39, 0.29) is 28.9 Å². The molecule has 4 heterocycles. The molecule has 1 saturated carbocycles. The first kappa shape index (κ1) is 21.7.